The summed E-state index contributed by atoms with van der Waals surface area (Å²) in [6.07, 6.45) is -1.30. The molecule has 11 heavy (non-hydrogen) atoms. The van der Waals surface area contributed by atoms with E-state index in [2.05, 4.69) is 0 Å². The van der Waals surface area contributed by atoms with Gasteiger partial charge in [-0.05, 0) is 13.8 Å². The molecule has 0 aliphatic rings. The van der Waals surface area contributed by atoms with Crippen LogP contribution < -0.4 is 5.73 Å². The van der Waals surface area contributed by atoms with Crippen molar-refractivity contribution in [3.63, 3.8) is 0 Å². The van der Waals surface area contributed by atoms with Crippen molar-refractivity contribution in [3.05, 3.63) is 0 Å². The first-order valence-electron chi connectivity index (χ1n) is 3.50. The largest absolute Gasteiger partial charge is 0.391 e. The number of aldehydes is 1. The van der Waals surface area contributed by atoms with Gasteiger partial charge in [-0.3, -0.25) is 0 Å². The van der Waals surface area contributed by atoms with Crippen LogP contribution in [-0.2, 0) is 4.79 Å². The maximum atomic E-state index is 10.1. The Morgan fingerprint density at radius 3 is 2.36 bits per heavy atom. The molecule has 3 atom stereocenters. The number of nitrogens with two attached hydrogens (primary N) is 1. The first-order chi connectivity index (χ1) is 4.91. The zero-order valence-corrected chi connectivity index (χ0v) is 6.82. The molecule has 66 valence electrons. The topological polar surface area (TPSA) is 83.6 Å². The summed E-state index contributed by atoms with van der Waals surface area (Å²) in [7, 11) is 0. The smallest absolute Gasteiger partial charge is 0.121 e. The molecule has 0 aromatic carbocycles. The van der Waals surface area contributed by atoms with E-state index in [1.807, 2.05) is 0 Å². The van der Waals surface area contributed by atoms with Crippen LogP contribution in [-0.4, -0.2) is 34.2 Å². The summed E-state index contributed by atoms with van der Waals surface area (Å²) in [4.78, 5) is 10.1. The van der Waals surface area contributed by atoms with Crippen LogP contribution in [0.4, 0.5) is 0 Å². The minimum absolute atomic E-state index is 0.0407. The van der Waals surface area contributed by atoms with E-state index in [0.29, 0.717) is 6.29 Å². The maximum absolute atomic E-state index is 10.1. The van der Waals surface area contributed by atoms with Crippen molar-refractivity contribution in [2.75, 3.05) is 0 Å². The zero-order chi connectivity index (χ0) is 9.07. The number of aliphatic hydroxyl groups excluding tert-OH is 2. The van der Waals surface area contributed by atoms with E-state index < -0.39 is 17.7 Å². The Balaban J connectivity index is 4.15. The van der Waals surface area contributed by atoms with Crippen molar-refractivity contribution in [1.29, 1.82) is 0 Å². The van der Waals surface area contributed by atoms with E-state index in [9.17, 15) is 9.90 Å². The average Bonchev–Trinajstić information content (AvgIpc) is 1.86. The van der Waals surface area contributed by atoms with Gasteiger partial charge < -0.3 is 20.7 Å². The lowest BCUT2D eigenvalue weighted by molar-refractivity contribution is -0.110. The van der Waals surface area contributed by atoms with Gasteiger partial charge in [0.1, 0.15) is 6.29 Å². The van der Waals surface area contributed by atoms with Crippen LogP contribution in [0.15, 0.2) is 0 Å². The highest BCUT2D eigenvalue weighted by molar-refractivity contribution is 5.51. The first kappa shape index (κ1) is 10.6. The average molecular weight is 161 g/mol. The third-order valence-corrected chi connectivity index (χ3v) is 1.66. The summed E-state index contributed by atoms with van der Waals surface area (Å²) in [6.45, 7) is 2.96. The molecule has 0 bridgehead atoms. The lowest BCUT2D eigenvalue weighted by atomic mass is 9.90. The highest BCUT2D eigenvalue weighted by Gasteiger charge is 2.31. The molecule has 0 rings (SSSR count). The van der Waals surface area contributed by atoms with Crippen LogP contribution in [0.25, 0.3) is 0 Å². The number of carbonyl (C=O) groups is 1. The van der Waals surface area contributed by atoms with Crippen LogP contribution in [0.2, 0.25) is 0 Å². The van der Waals surface area contributed by atoms with Crippen molar-refractivity contribution >= 4 is 6.29 Å². The Kier molecular flexibility index (Phi) is 3.65. The van der Waals surface area contributed by atoms with Crippen molar-refractivity contribution in [1.82, 2.24) is 0 Å². The molecule has 0 saturated heterocycles. The molecular formula is C7H15NO3. The molecule has 4 nitrogen and oxygen atoms in total. The Hall–Kier alpha value is -0.450. The van der Waals surface area contributed by atoms with Crippen LogP contribution >= 0.6 is 0 Å². The minimum atomic E-state index is -1.06. The van der Waals surface area contributed by atoms with Gasteiger partial charge in [-0.15, -0.1) is 0 Å². The molecule has 4 N–H and O–H groups in total. The fourth-order valence-corrected chi connectivity index (χ4v) is 0.851. The Bertz CT molecular complexity index is 134. The molecule has 0 fully saturated rings. The third-order valence-electron chi connectivity index (χ3n) is 1.66. The molecule has 0 aromatic rings. The van der Waals surface area contributed by atoms with Crippen molar-refractivity contribution in [2.45, 2.75) is 38.0 Å². The summed E-state index contributed by atoms with van der Waals surface area (Å²) in [5.41, 5.74) is 4.50. The fourth-order valence-electron chi connectivity index (χ4n) is 0.851. The number of hydrogen-bond acceptors (Lipinski definition) is 4. The summed E-state index contributed by atoms with van der Waals surface area (Å²) in [5, 5.41) is 18.2. The predicted molar refractivity (Wildman–Crippen MR) is 41.0 cm³/mol. The quantitative estimate of drug-likeness (QED) is 0.463. The molecule has 0 aromatic heterocycles. The summed E-state index contributed by atoms with van der Waals surface area (Å²) in [5.74, 6) is 0. The van der Waals surface area contributed by atoms with E-state index >= 15 is 0 Å². The van der Waals surface area contributed by atoms with Crippen molar-refractivity contribution in [2.24, 2.45) is 5.73 Å². The van der Waals surface area contributed by atoms with Gasteiger partial charge in [-0.25, -0.2) is 0 Å². The second-order valence-corrected chi connectivity index (χ2v) is 3.06. The van der Waals surface area contributed by atoms with Gasteiger partial charge in [-0.1, -0.05) is 0 Å². The third kappa shape index (κ3) is 2.96. The molecule has 0 saturated carbocycles. The van der Waals surface area contributed by atoms with Gasteiger partial charge in [0.25, 0.3) is 0 Å². The molecule has 0 unspecified atom stereocenters. The highest BCUT2D eigenvalue weighted by atomic mass is 16.3. The normalized spacial score (nSPS) is 21.9. The Labute approximate surface area is 66.0 Å². The molecule has 0 spiro atoms. The van der Waals surface area contributed by atoms with Crippen LogP contribution in [0.3, 0.4) is 0 Å². The number of hydrogen-bond donors (Lipinski definition) is 3. The van der Waals surface area contributed by atoms with Crippen LogP contribution in [0.1, 0.15) is 20.3 Å². The van der Waals surface area contributed by atoms with E-state index in [1.54, 1.807) is 0 Å². The first-order valence-corrected chi connectivity index (χ1v) is 3.50. The van der Waals surface area contributed by atoms with E-state index in [1.165, 1.54) is 13.8 Å². The monoisotopic (exact) mass is 161 g/mol. The van der Waals surface area contributed by atoms with Gasteiger partial charge in [0.2, 0.25) is 0 Å². The van der Waals surface area contributed by atoms with E-state index in [4.69, 9.17) is 10.8 Å². The fraction of sp³-hybridized carbons (Fsp3) is 0.857. The lowest BCUT2D eigenvalue weighted by Gasteiger charge is -2.30. The minimum Gasteiger partial charge on any atom is -0.391 e. The van der Waals surface area contributed by atoms with Gasteiger partial charge in [0.15, 0.2) is 0 Å². The predicted octanol–water partition coefficient (Wildman–Crippen LogP) is -0.966. The number of rotatable bonds is 4. The molecule has 0 heterocycles. The highest BCUT2D eigenvalue weighted by Crippen LogP contribution is 2.12. The van der Waals surface area contributed by atoms with Crippen molar-refractivity contribution in [3.8, 4) is 0 Å². The Morgan fingerprint density at radius 2 is 2.09 bits per heavy atom. The van der Waals surface area contributed by atoms with E-state index in [0.717, 1.165) is 0 Å². The second-order valence-electron chi connectivity index (χ2n) is 3.06. The van der Waals surface area contributed by atoms with Gasteiger partial charge in [0.05, 0.1) is 12.2 Å². The van der Waals surface area contributed by atoms with Gasteiger partial charge in [-0.2, -0.15) is 0 Å². The van der Waals surface area contributed by atoms with Gasteiger partial charge in [0, 0.05) is 12.0 Å². The zero-order valence-electron chi connectivity index (χ0n) is 6.82. The summed E-state index contributed by atoms with van der Waals surface area (Å²) in [6, 6.07) is 0. The van der Waals surface area contributed by atoms with Crippen LogP contribution in [0, 0.1) is 0 Å². The Morgan fingerprint density at radius 1 is 1.64 bits per heavy atom. The molecule has 0 amide bonds. The molecule has 0 radical (unpaired) electrons. The lowest BCUT2D eigenvalue weighted by Crippen LogP contribution is -2.53. The molecular weight excluding hydrogens is 146 g/mol. The number of carbonyl (C=O) groups excluding carboxylic acids is 1. The van der Waals surface area contributed by atoms with E-state index in [-0.39, 0.29) is 6.42 Å². The SMILES string of the molecule is C[C@H](O)[C@H](O)[C@@](C)(N)CC=O. The standard InChI is InChI=1S/C7H15NO3/c1-5(10)6(11)7(2,8)3-4-9/h4-6,10-11H,3,8H2,1-2H3/t5-,6-,7-/m0/s1. The molecule has 0 aliphatic heterocycles. The number of aliphatic hydroxyl groups is 2. The van der Waals surface area contributed by atoms with Crippen molar-refractivity contribution < 1.29 is 15.0 Å². The molecule has 4 heteroatoms. The summed E-state index contributed by atoms with van der Waals surface area (Å²) >= 11 is 0. The van der Waals surface area contributed by atoms with Gasteiger partial charge >= 0.3 is 0 Å². The second kappa shape index (κ2) is 3.80. The molecule has 0 aliphatic carbocycles. The summed E-state index contributed by atoms with van der Waals surface area (Å²) < 4.78 is 0. The van der Waals surface area contributed by atoms with Crippen LogP contribution in [0.5, 0.6) is 0 Å². The maximum Gasteiger partial charge on any atom is 0.121 e.